The van der Waals surface area contributed by atoms with Crippen LogP contribution in [-0.2, 0) is 6.54 Å². The lowest BCUT2D eigenvalue weighted by atomic mass is 9.75. The fourth-order valence-electron chi connectivity index (χ4n) is 1.17. The standard InChI is InChI=1S/C12H21ClN2S/c1-11(2,12(3,4)14)8-15-7-9-5-6-10(13)16-9/h5-6,15H,7-8,14H2,1-4H3. The van der Waals surface area contributed by atoms with Gasteiger partial charge in [0.25, 0.3) is 0 Å². The predicted molar refractivity (Wildman–Crippen MR) is 73.1 cm³/mol. The van der Waals surface area contributed by atoms with E-state index < -0.39 is 0 Å². The SMILES string of the molecule is CC(C)(N)C(C)(C)CNCc1ccc(Cl)s1. The minimum Gasteiger partial charge on any atom is -0.325 e. The maximum absolute atomic E-state index is 6.14. The van der Waals surface area contributed by atoms with E-state index in [2.05, 4.69) is 39.1 Å². The van der Waals surface area contributed by atoms with Crippen LogP contribution >= 0.6 is 22.9 Å². The number of nitrogens with one attached hydrogen (secondary N) is 1. The van der Waals surface area contributed by atoms with Crippen LogP contribution in [-0.4, -0.2) is 12.1 Å². The van der Waals surface area contributed by atoms with Gasteiger partial charge in [-0.3, -0.25) is 0 Å². The molecule has 16 heavy (non-hydrogen) atoms. The molecule has 4 heteroatoms. The van der Waals surface area contributed by atoms with E-state index >= 15 is 0 Å². The number of rotatable bonds is 5. The topological polar surface area (TPSA) is 38.0 Å². The van der Waals surface area contributed by atoms with E-state index in [9.17, 15) is 0 Å². The van der Waals surface area contributed by atoms with Gasteiger partial charge in [0.05, 0.1) is 4.34 Å². The van der Waals surface area contributed by atoms with Crippen molar-refractivity contribution in [2.75, 3.05) is 6.54 Å². The van der Waals surface area contributed by atoms with Crippen molar-refractivity contribution in [3.05, 3.63) is 21.3 Å². The molecule has 1 aromatic heterocycles. The van der Waals surface area contributed by atoms with Crippen LogP contribution in [0.4, 0.5) is 0 Å². The first-order valence-electron chi connectivity index (χ1n) is 5.46. The van der Waals surface area contributed by atoms with Crippen molar-refractivity contribution in [3.8, 4) is 0 Å². The highest BCUT2D eigenvalue weighted by molar-refractivity contribution is 7.16. The average Bonchev–Trinajstić information content (AvgIpc) is 2.49. The lowest BCUT2D eigenvalue weighted by molar-refractivity contribution is 0.195. The monoisotopic (exact) mass is 260 g/mol. The van der Waals surface area contributed by atoms with Crippen molar-refractivity contribution < 1.29 is 0 Å². The first-order valence-corrected chi connectivity index (χ1v) is 6.66. The molecule has 92 valence electrons. The van der Waals surface area contributed by atoms with E-state index in [4.69, 9.17) is 17.3 Å². The van der Waals surface area contributed by atoms with E-state index in [1.807, 2.05) is 6.07 Å². The molecule has 1 rings (SSSR count). The summed E-state index contributed by atoms with van der Waals surface area (Å²) in [5.74, 6) is 0. The van der Waals surface area contributed by atoms with Gasteiger partial charge in [-0.15, -0.1) is 11.3 Å². The van der Waals surface area contributed by atoms with E-state index in [-0.39, 0.29) is 11.0 Å². The number of hydrogen-bond donors (Lipinski definition) is 2. The maximum Gasteiger partial charge on any atom is 0.0931 e. The zero-order valence-electron chi connectivity index (χ0n) is 10.4. The zero-order chi connectivity index (χ0) is 12.4. The van der Waals surface area contributed by atoms with Crippen molar-refractivity contribution in [1.29, 1.82) is 0 Å². The van der Waals surface area contributed by atoms with Crippen molar-refractivity contribution >= 4 is 22.9 Å². The first kappa shape index (κ1) is 14.0. The summed E-state index contributed by atoms with van der Waals surface area (Å²) in [7, 11) is 0. The maximum atomic E-state index is 6.14. The molecule has 1 heterocycles. The molecule has 0 atom stereocenters. The van der Waals surface area contributed by atoms with Crippen LogP contribution in [0, 0.1) is 5.41 Å². The van der Waals surface area contributed by atoms with Crippen molar-refractivity contribution in [2.24, 2.45) is 11.1 Å². The molecular formula is C12H21ClN2S. The van der Waals surface area contributed by atoms with Crippen LogP contribution in [0.1, 0.15) is 32.6 Å². The van der Waals surface area contributed by atoms with Crippen molar-refractivity contribution in [1.82, 2.24) is 5.32 Å². The van der Waals surface area contributed by atoms with Gasteiger partial charge >= 0.3 is 0 Å². The Bertz CT molecular complexity index is 339. The van der Waals surface area contributed by atoms with Crippen LogP contribution in [0.15, 0.2) is 12.1 Å². The number of hydrogen-bond acceptors (Lipinski definition) is 3. The molecule has 0 saturated carbocycles. The smallest absolute Gasteiger partial charge is 0.0931 e. The third-order valence-corrected chi connectivity index (χ3v) is 4.47. The summed E-state index contributed by atoms with van der Waals surface area (Å²) >= 11 is 7.49. The number of nitrogens with two attached hydrogens (primary N) is 1. The summed E-state index contributed by atoms with van der Waals surface area (Å²) in [6.07, 6.45) is 0. The van der Waals surface area contributed by atoms with Gasteiger partial charge < -0.3 is 11.1 Å². The van der Waals surface area contributed by atoms with Crippen molar-refractivity contribution in [3.63, 3.8) is 0 Å². The molecule has 0 aliphatic rings. The third-order valence-electron chi connectivity index (χ3n) is 3.24. The molecule has 0 bridgehead atoms. The number of thiophene rings is 1. The van der Waals surface area contributed by atoms with E-state index in [1.165, 1.54) is 4.88 Å². The van der Waals surface area contributed by atoms with Gasteiger partial charge in [-0.1, -0.05) is 25.4 Å². The quantitative estimate of drug-likeness (QED) is 0.853. The Balaban J connectivity index is 2.41. The van der Waals surface area contributed by atoms with Crippen LogP contribution < -0.4 is 11.1 Å². The molecule has 0 aliphatic carbocycles. The minimum absolute atomic E-state index is 0.0635. The second kappa shape index (κ2) is 5.05. The Kier molecular flexibility index (Phi) is 4.41. The molecule has 0 radical (unpaired) electrons. The van der Waals surface area contributed by atoms with E-state index in [0.29, 0.717) is 0 Å². The second-order valence-corrected chi connectivity index (χ2v) is 7.21. The van der Waals surface area contributed by atoms with E-state index in [0.717, 1.165) is 17.4 Å². The summed E-state index contributed by atoms with van der Waals surface area (Å²) < 4.78 is 0.843. The summed E-state index contributed by atoms with van der Waals surface area (Å²) in [6.45, 7) is 10.2. The van der Waals surface area contributed by atoms with Gasteiger partial charge in [-0.25, -0.2) is 0 Å². The minimum atomic E-state index is -0.187. The molecule has 0 amide bonds. The Hall–Kier alpha value is -0.0900. The molecule has 0 spiro atoms. The fourth-order valence-corrected chi connectivity index (χ4v) is 2.23. The van der Waals surface area contributed by atoms with Gasteiger partial charge in [0.2, 0.25) is 0 Å². The molecule has 0 unspecified atom stereocenters. The van der Waals surface area contributed by atoms with E-state index in [1.54, 1.807) is 11.3 Å². The second-order valence-electron chi connectivity index (χ2n) is 5.41. The molecular weight excluding hydrogens is 240 g/mol. The predicted octanol–water partition coefficient (Wildman–Crippen LogP) is 3.25. The van der Waals surface area contributed by atoms with Gasteiger partial charge in [0.15, 0.2) is 0 Å². The molecule has 1 aromatic rings. The molecule has 3 N–H and O–H groups in total. The Morgan fingerprint density at radius 2 is 1.94 bits per heavy atom. The molecule has 2 nitrogen and oxygen atoms in total. The van der Waals surface area contributed by atoms with Crippen LogP contribution in [0.25, 0.3) is 0 Å². The third kappa shape index (κ3) is 3.74. The summed E-state index contributed by atoms with van der Waals surface area (Å²) in [4.78, 5) is 1.26. The zero-order valence-corrected chi connectivity index (χ0v) is 12.0. The van der Waals surface area contributed by atoms with Gasteiger partial charge in [-0.2, -0.15) is 0 Å². The summed E-state index contributed by atoms with van der Waals surface area (Å²) in [6, 6.07) is 3.99. The largest absolute Gasteiger partial charge is 0.325 e. The van der Waals surface area contributed by atoms with Gasteiger partial charge in [-0.05, 0) is 31.4 Å². The summed E-state index contributed by atoms with van der Waals surface area (Å²) in [5, 5.41) is 3.43. The first-order chi connectivity index (χ1) is 7.22. The average molecular weight is 261 g/mol. The van der Waals surface area contributed by atoms with Gasteiger partial charge in [0.1, 0.15) is 0 Å². The van der Waals surface area contributed by atoms with Crippen LogP contribution in [0.3, 0.4) is 0 Å². The van der Waals surface area contributed by atoms with Gasteiger partial charge in [0, 0.05) is 23.5 Å². The Morgan fingerprint density at radius 1 is 1.31 bits per heavy atom. The normalized spacial score (nSPS) is 13.1. The summed E-state index contributed by atoms with van der Waals surface area (Å²) in [5.41, 5.74) is 6.01. The lowest BCUT2D eigenvalue weighted by Gasteiger charge is -2.38. The Labute approximate surface area is 107 Å². The fraction of sp³-hybridized carbons (Fsp3) is 0.667. The molecule has 0 fully saturated rings. The molecule has 0 aliphatic heterocycles. The Morgan fingerprint density at radius 3 is 2.38 bits per heavy atom. The van der Waals surface area contributed by atoms with Crippen molar-refractivity contribution in [2.45, 2.75) is 39.8 Å². The highest BCUT2D eigenvalue weighted by Crippen LogP contribution is 2.27. The highest BCUT2D eigenvalue weighted by atomic mass is 35.5. The van der Waals surface area contributed by atoms with Crippen LogP contribution in [0.5, 0.6) is 0 Å². The molecule has 0 saturated heterocycles. The molecule has 0 aromatic carbocycles. The van der Waals surface area contributed by atoms with Crippen LogP contribution in [0.2, 0.25) is 4.34 Å². The number of halogens is 1. The lowest BCUT2D eigenvalue weighted by Crippen LogP contribution is -2.52. The highest BCUT2D eigenvalue weighted by Gasteiger charge is 2.32.